The van der Waals surface area contributed by atoms with Crippen molar-refractivity contribution in [2.45, 2.75) is 65.5 Å². The number of likely N-dealkylation sites (N-methyl/N-ethyl adjacent to an activating group) is 2. The number of esters is 1. The lowest BCUT2D eigenvalue weighted by Crippen LogP contribution is -2.49. The Balaban J connectivity index is 2.49. The first-order valence-electron chi connectivity index (χ1n) is 8.00. The lowest BCUT2D eigenvalue weighted by Gasteiger charge is -2.39. The second kappa shape index (κ2) is 7.99. The van der Waals surface area contributed by atoms with Crippen LogP contribution in [-0.2, 0) is 9.53 Å². The molecule has 0 bridgehead atoms. The van der Waals surface area contributed by atoms with Gasteiger partial charge in [0.15, 0.2) is 0 Å². The summed E-state index contributed by atoms with van der Waals surface area (Å²) in [4.78, 5) is 14.3. The number of hydrogen-bond acceptors (Lipinski definition) is 4. The van der Waals surface area contributed by atoms with Crippen molar-refractivity contribution < 1.29 is 9.53 Å². The monoisotopic (exact) mass is 284 g/mol. The third-order valence-corrected chi connectivity index (χ3v) is 4.42. The maximum absolute atomic E-state index is 11.9. The average molecular weight is 284 g/mol. The Morgan fingerprint density at radius 1 is 1.35 bits per heavy atom. The molecule has 0 radical (unpaired) electrons. The minimum atomic E-state index is -0.208. The molecule has 1 atom stereocenters. The van der Waals surface area contributed by atoms with Crippen molar-refractivity contribution in [3.8, 4) is 0 Å². The number of ether oxygens (including phenoxy) is 1. The van der Waals surface area contributed by atoms with Gasteiger partial charge in [-0.25, -0.2) is 0 Å². The summed E-state index contributed by atoms with van der Waals surface area (Å²) in [6, 6.07) is 0.387. The van der Waals surface area contributed by atoms with Gasteiger partial charge in [0.2, 0.25) is 0 Å². The lowest BCUT2D eigenvalue weighted by atomic mass is 9.75. The van der Waals surface area contributed by atoms with Gasteiger partial charge in [-0.2, -0.15) is 0 Å². The summed E-state index contributed by atoms with van der Waals surface area (Å²) in [7, 11) is 2.13. The van der Waals surface area contributed by atoms with Crippen molar-refractivity contribution in [3.05, 3.63) is 0 Å². The van der Waals surface area contributed by atoms with Crippen LogP contribution in [0.3, 0.4) is 0 Å². The molecule has 20 heavy (non-hydrogen) atoms. The molecule has 0 saturated heterocycles. The highest BCUT2D eigenvalue weighted by molar-refractivity contribution is 5.76. The van der Waals surface area contributed by atoms with E-state index in [1.807, 2.05) is 13.8 Å². The molecule has 0 heterocycles. The van der Waals surface area contributed by atoms with Crippen molar-refractivity contribution in [3.63, 3.8) is 0 Å². The molecule has 1 fully saturated rings. The summed E-state index contributed by atoms with van der Waals surface area (Å²) < 4.78 is 5.15. The molecule has 1 aliphatic carbocycles. The molecule has 1 saturated carbocycles. The normalized spacial score (nSPS) is 20.9. The van der Waals surface area contributed by atoms with Crippen LogP contribution in [0.4, 0.5) is 0 Å². The van der Waals surface area contributed by atoms with E-state index in [0.717, 1.165) is 13.1 Å². The Labute approximate surface area is 124 Å². The van der Waals surface area contributed by atoms with Crippen molar-refractivity contribution in [2.24, 2.45) is 5.41 Å². The Kier molecular flexibility index (Phi) is 6.96. The quantitative estimate of drug-likeness (QED) is 0.729. The Morgan fingerprint density at radius 2 is 1.95 bits per heavy atom. The van der Waals surface area contributed by atoms with Crippen LogP contribution in [0.5, 0.6) is 0 Å². The van der Waals surface area contributed by atoms with E-state index >= 15 is 0 Å². The molecule has 0 aromatic rings. The first-order valence-corrected chi connectivity index (χ1v) is 8.00. The maximum Gasteiger partial charge on any atom is 0.324 e. The lowest BCUT2D eigenvalue weighted by molar-refractivity contribution is -0.146. The van der Waals surface area contributed by atoms with E-state index < -0.39 is 0 Å². The standard InChI is InChI=1S/C16H32N2O2/c1-6-17-14(15(19)20-7-2)12-18(5)13-8-10-16(3,4)11-9-13/h13-14,17H,6-12H2,1-5H3. The van der Waals surface area contributed by atoms with Crippen molar-refractivity contribution >= 4 is 5.97 Å². The number of hydrogen-bond donors (Lipinski definition) is 1. The van der Waals surface area contributed by atoms with Crippen LogP contribution in [0.2, 0.25) is 0 Å². The largest absolute Gasteiger partial charge is 0.465 e. The fourth-order valence-electron chi connectivity index (χ4n) is 2.97. The summed E-state index contributed by atoms with van der Waals surface area (Å²) in [5, 5.41) is 3.24. The van der Waals surface area contributed by atoms with Crippen molar-refractivity contribution in [1.29, 1.82) is 0 Å². The van der Waals surface area contributed by atoms with E-state index in [-0.39, 0.29) is 12.0 Å². The van der Waals surface area contributed by atoms with Gasteiger partial charge < -0.3 is 15.0 Å². The zero-order valence-corrected chi connectivity index (χ0v) is 13.9. The van der Waals surface area contributed by atoms with Gasteiger partial charge >= 0.3 is 5.97 Å². The molecule has 4 nitrogen and oxygen atoms in total. The van der Waals surface area contributed by atoms with E-state index in [4.69, 9.17) is 4.74 Å². The van der Waals surface area contributed by atoms with Gasteiger partial charge in [-0.3, -0.25) is 4.79 Å². The Bertz CT molecular complexity index is 295. The third-order valence-electron chi connectivity index (χ3n) is 4.42. The Hall–Kier alpha value is -0.610. The van der Waals surface area contributed by atoms with Gasteiger partial charge in [0.05, 0.1) is 6.61 Å². The minimum Gasteiger partial charge on any atom is -0.465 e. The highest BCUT2D eigenvalue weighted by Crippen LogP contribution is 2.36. The number of nitrogens with one attached hydrogen (secondary N) is 1. The van der Waals surface area contributed by atoms with Crippen LogP contribution in [0, 0.1) is 5.41 Å². The first kappa shape index (κ1) is 17.4. The van der Waals surface area contributed by atoms with Gasteiger partial charge in [0, 0.05) is 12.6 Å². The van der Waals surface area contributed by atoms with Gasteiger partial charge in [0.25, 0.3) is 0 Å². The fraction of sp³-hybridized carbons (Fsp3) is 0.938. The molecule has 0 aromatic heterocycles. The summed E-state index contributed by atoms with van der Waals surface area (Å²) in [6.45, 7) is 10.5. The van der Waals surface area contributed by atoms with Crippen molar-refractivity contribution in [1.82, 2.24) is 10.2 Å². The molecule has 1 unspecified atom stereocenters. The summed E-state index contributed by atoms with van der Waals surface area (Å²) >= 11 is 0. The first-order chi connectivity index (χ1) is 9.39. The van der Waals surface area contributed by atoms with E-state index in [1.165, 1.54) is 25.7 Å². The molecule has 0 aliphatic heterocycles. The van der Waals surface area contributed by atoms with Crippen LogP contribution in [0.1, 0.15) is 53.4 Å². The van der Waals surface area contributed by atoms with E-state index in [0.29, 0.717) is 18.1 Å². The number of nitrogens with zero attached hydrogens (tertiary/aromatic N) is 1. The zero-order valence-electron chi connectivity index (χ0n) is 13.9. The van der Waals surface area contributed by atoms with Crippen LogP contribution in [0.15, 0.2) is 0 Å². The van der Waals surface area contributed by atoms with Gasteiger partial charge in [-0.15, -0.1) is 0 Å². The molecule has 1 aliphatic rings. The van der Waals surface area contributed by atoms with E-state index in [9.17, 15) is 4.79 Å². The maximum atomic E-state index is 11.9. The number of carbonyl (C=O) groups is 1. The van der Waals surface area contributed by atoms with Crippen LogP contribution in [-0.4, -0.2) is 49.7 Å². The smallest absolute Gasteiger partial charge is 0.324 e. The van der Waals surface area contributed by atoms with Gasteiger partial charge in [-0.1, -0.05) is 20.8 Å². The third kappa shape index (κ3) is 5.41. The average Bonchev–Trinajstić information content (AvgIpc) is 2.38. The molecule has 118 valence electrons. The predicted molar refractivity (Wildman–Crippen MR) is 82.8 cm³/mol. The van der Waals surface area contributed by atoms with E-state index in [2.05, 4.69) is 31.1 Å². The topological polar surface area (TPSA) is 41.6 Å². The van der Waals surface area contributed by atoms with Gasteiger partial charge in [0.1, 0.15) is 6.04 Å². The molecule has 0 amide bonds. The van der Waals surface area contributed by atoms with Crippen LogP contribution in [0.25, 0.3) is 0 Å². The SMILES string of the molecule is CCNC(CN(C)C1CCC(C)(C)CC1)C(=O)OCC. The second-order valence-electron chi connectivity index (χ2n) is 6.70. The second-order valence-corrected chi connectivity index (χ2v) is 6.70. The minimum absolute atomic E-state index is 0.127. The molecule has 0 spiro atoms. The van der Waals surface area contributed by atoms with Crippen molar-refractivity contribution in [2.75, 3.05) is 26.7 Å². The molecule has 0 aromatic carbocycles. The molecule has 4 heteroatoms. The fourth-order valence-corrected chi connectivity index (χ4v) is 2.97. The molecule has 1 N–H and O–H groups in total. The molecular formula is C16H32N2O2. The molecule has 1 rings (SSSR count). The highest BCUT2D eigenvalue weighted by atomic mass is 16.5. The zero-order chi connectivity index (χ0) is 15.2. The van der Waals surface area contributed by atoms with Crippen LogP contribution < -0.4 is 5.32 Å². The highest BCUT2D eigenvalue weighted by Gasteiger charge is 2.30. The Morgan fingerprint density at radius 3 is 2.45 bits per heavy atom. The predicted octanol–water partition coefficient (Wildman–Crippen LogP) is 2.43. The summed E-state index contributed by atoms with van der Waals surface area (Å²) in [6.07, 6.45) is 5.00. The summed E-state index contributed by atoms with van der Waals surface area (Å²) in [5.74, 6) is -0.127. The number of rotatable bonds is 7. The van der Waals surface area contributed by atoms with E-state index in [1.54, 1.807) is 0 Å². The molecular weight excluding hydrogens is 252 g/mol. The van der Waals surface area contributed by atoms with Gasteiger partial charge in [-0.05, 0) is 51.6 Å². The van der Waals surface area contributed by atoms with Crippen LogP contribution >= 0.6 is 0 Å². The number of carbonyl (C=O) groups excluding carboxylic acids is 1. The summed E-state index contributed by atoms with van der Waals surface area (Å²) in [5.41, 5.74) is 0.486.